The topological polar surface area (TPSA) is 57.6 Å². The fourth-order valence-electron chi connectivity index (χ4n) is 4.76. The van der Waals surface area contributed by atoms with Crippen LogP contribution in [-0.2, 0) is 4.79 Å². The van der Waals surface area contributed by atoms with Gasteiger partial charge in [0, 0.05) is 17.3 Å². The maximum Gasteiger partial charge on any atom is 0.322 e. The Morgan fingerprint density at radius 2 is 1.58 bits per heavy atom. The van der Waals surface area contributed by atoms with E-state index in [0.717, 1.165) is 22.6 Å². The van der Waals surface area contributed by atoms with Crippen molar-refractivity contribution >= 4 is 58.1 Å². The van der Waals surface area contributed by atoms with Crippen LogP contribution in [0, 0.1) is 0 Å². The van der Waals surface area contributed by atoms with Gasteiger partial charge in [0.15, 0.2) is 0 Å². The smallest absolute Gasteiger partial charge is 0.316 e. The molecule has 0 radical (unpaired) electrons. The van der Waals surface area contributed by atoms with E-state index in [0.29, 0.717) is 20.8 Å². The number of hydrogen-bond acceptors (Lipinski definition) is 2. The molecule has 38 heavy (non-hydrogen) atoms. The number of rotatable bonds is 5. The van der Waals surface area contributed by atoms with Gasteiger partial charge in [0.05, 0.1) is 32.8 Å². The molecule has 0 saturated heterocycles. The van der Waals surface area contributed by atoms with Crippen molar-refractivity contribution in [1.29, 1.82) is 0 Å². The van der Waals surface area contributed by atoms with Gasteiger partial charge in [0.1, 0.15) is 12.6 Å². The Balaban J connectivity index is 1.53. The highest BCUT2D eigenvalue weighted by molar-refractivity contribution is 6.39. The Kier molecular flexibility index (Phi) is 7.39. The van der Waals surface area contributed by atoms with Crippen molar-refractivity contribution in [3.05, 3.63) is 111 Å². The first-order chi connectivity index (χ1) is 18.3. The molecule has 4 aromatic rings. The lowest BCUT2D eigenvalue weighted by atomic mass is 9.97. The summed E-state index contributed by atoms with van der Waals surface area (Å²) < 4.78 is 2.08. The van der Waals surface area contributed by atoms with Crippen molar-refractivity contribution in [3.8, 4) is 5.69 Å². The molecule has 0 spiro atoms. The van der Waals surface area contributed by atoms with Crippen LogP contribution in [0.3, 0.4) is 0 Å². The van der Waals surface area contributed by atoms with E-state index >= 15 is 0 Å². The maximum atomic E-state index is 14.2. The monoisotopic (exact) mass is 566 g/mol. The Morgan fingerprint density at radius 3 is 2.26 bits per heavy atom. The summed E-state index contributed by atoms with van der Waals surface area (Å²) in [7, 11) is 0. The van der Waals surface area contributed by atoms with E-state index < -0.39 is 12.1 Å². The molecule has 1 aliphatic rings. The van der Waals surface area contributed by atoms with Gasteiger partial charge in [-0.1, -0.05) is 65.1 Å². The predicted octanol–water partition coefficient (Wildman–Crippen LogP) is 7.82. The van der Waals surface area contributed by atoms with Crippen molar-refractivity contribution in [2.75, 3.05) is 16.8 Å². The van der Waals surface area contributed by atoms with Crippen LogP contribution in [0.2, 0.25) is 15.1 Å². The van der Waals surface area contributed by atoms with Crippen LogP contribution in [0.1, 0.15) is 31.1 Å². The fraction of sp³-hybridized carbons (Fsp3) is 0.172. The van der Waals surface area contributed by atoms with Gasteiger partial charge in [-0.3, -0.25) is 9.69 Å². The number of amides is 3. The summed E-state index contributed by atoms with van der Waals surface area (Å²) in [6.45, 7) is 3.54. The first-order valence-electron chi connectivity index (χ1n) is 12.1. The van der Waals surface area contributed by atoms with Crippen LogP contribution >= 0.6 is 34.8 Å². The molecule has 3 aromatic carbocycles. The molecule has 0 saturated carbocycles. The van der Waals surface area contributed by atoms with Gasteiger partial charge < -0.3 is 14.8 Å². The predicted molar refractivity (Wildman–Crippen MR) is 154 cm³/mol. The molecule has 5 rings (SSSR count). The zero-order chi connectivity index (χ0) is 27.0. The summed E-state index contributed by atoms with van der Waals surface area (Å²) in [5, 5.41) is 3.98. The van der Waals surface area contributed by atoms with E-state index in [2.05, 4.69) is 9.88 Å². The first-order valence-corrected chi connectivity index (χ1v) is 13.3. The van der Waals surface area contributed by atoms with Gasteiger partial charge in [-0.25, -0.2) is 4.79 Å². The van der Waals surface area contributed by atoms with E-state index in [1.807, 2.05) is 74.6 Å². The minimum absolute atomic E-state index is 0.169. The fourth-order valence-corrected chi connectivity index (χ4v) is 5.45. The molecule has 1 N–H and O–H groups in total. The average molecular weight is 568 g/mol. The number of urea groups is 1. The molecule has 1 aromatic heterocycles. The Morgan fingerprint density at radius 1 is 0.895 bits per heavy atom. The normalized spacial score (nSPS) is 14.2. The second kappa shape index (κ2) is 10.7. The van der Waals surface area contributed by atoms with Crippen LogP contribution in [-0.4, -0.2) is 34.0 Å². The van der Waals surface area contributed by atoms with Crippen molar-refractivity contribution in [3.63, 3.8) is 0 Å². The van der Waals surface area contributed by atoms with Crippen molar-refractivity contribution < 1.29 is 9.59 Å². The highest BCUT2D eigenvalue weighted by Crippen LogP contribution is 2.42. The van der Waals surface area contributed by atoms with E-state index in [1.54, 1.807) is 29.2 Å². The van der Waals surface area contributed by atoms with E-state index in [4.69, 9.17) is 34.8 Å². The Labute approximate surface area is 236 Å². The number of carbonyl (C=O) groups excluding carboxylic acids is 2. The van der Waals surface area contributed by atoms with Crippen LogP contribution in [0.25, 0.3) is 5.69 Å². The number of nitrogens with one attached hydrogen (secondary N) is 1. The van der Waals surface area contributed by atoms with Crippen LogP contribution < -0.4 is 10.2 Å². The molecule has 2 heterocycles. The molecule has 3 amide bonds. The van der Waals surface area contributed by atoms with Gasteiger partial charge in [0.25, 0.3) is 0 Å². The number of aromatic nitrogens is 1. The molecule has 1 atom stereocenters. The minimum Gasteiger partial charge on any atom is -0.316 e. The summed E-state index contributed by atoms with van der Waals surface area (Å²) in [5.74, 6) is -0.246. The number of anilines is 2. The van der Waals surface area contributed by atoms with Crippen LogP contribution in [0.4, 0.5) is 16.2 Å². The zero-order valence-electron chi connectivity index (χ0n) is 20.7. The lowest BCUT2D eigenvalue weighted by molar-refractivity contribution is -0.119. The first kappa shape index (κ1) is 26.2. The highest BCUT2D eigenvalue weighted by Gasteiger charge is 2.37. The molecule has 0 bridgehead atoms. The lowest BCUT2D eigenvalue weighted by Gasteiger charge is -2.40. The highest BCUT2D eigenvalue weighted by atomic mass is 35.5. The number of benzene rings is 3. The molecule has 1 aliphatic heterocycles. The molecular weight excluding hydrogens is 543 g/mol. The maximum absolute atomic E-state index is 14.2. The van der Waals surface area contributed by atoms with Gasteiger partial charge in [-0.05, 0) is 67.9 Å². The second-order valence-corrected chi connectivity index (χ2v) is 10.5. The van der Waals surface area contributed by atoms with Crippen molar-refractivity contribution in [1.82, 2.24) is 9.47 Å². The molecule has 9 heteroatoms. The number of fused-ring (bicyclic) bond motifs is 3. The third kappa shape index (κ3) is 4.87. The van der Waals surface area contributed by atoms with Gasteiger partial charge in [-0.2, -0.15) is 0 Å². The third-order valence-electron chi connectivity index (χ3n) is 6.54. The van der Waals surface area contributed by atoms with Gasteiger partial charge in [0.2, 0.25) is 5.91 Å². The molecular formula is C29H25Cl3N4O2. The average Bonchev–Trinajstić information content (AvgIpc) is 3.38. The molecule has 0 fully saturated rings. The van der Waals surface area contributed by atoms with Crippen LogP contribution in [0.15, 0.2) is 85.1 Å². The van der Waals surface area contributed by atoms with E-state index in [-0.39, 0.29) is 18.5 Å². The lowest BCUT2D eigenvalue weighted by Crippen LogP contribution is -2.49. The molecule has 6 nitrogen and oxygen atoms in total. The number of carbonyl (C=O) groups is 2. The summed E-state index contributed by atoms with van der Waals surface area (Å²) in [4.78, 5) is 30.8. The summed E-state index contributed by atoms with van der Waals surface area (Å²) in [6, 6.07) is 22.9. The SMILES string of the molecule is CC(C)N(CC(=O)N1c2ccccc2-n2cccc2[C@@H]1c1cccc(Cl)c1)C(=O)Nc1c(Cl)cccc1Cl. The molecule has 0 unspecified atom stereocenters. The molecule has 0 aliphatic carbocycles. The summed E-state index contributed by atoms with van der Waals surface area (Å²) in [5.41, 5.74) is 3.70. The Bertz CT molecular complexity index is 1500. The van der Waals surface area contributed by atoms with Crippen molar-refractivity contribution in [2.45, 2.75) is 25.9 Å². The number of halogens is 3. The summed E-state index contributed by atoms with van der Waals surface area (Å²) >= 11 is 18.9. The number of nitrogens with zero attached hydrogens (tertiary/aromatic N) is 3. The standard InChI is InChI=1S/C29H25Cl3N4O2/c1-18(2)35(29(38)33-27-21(31)10-6-11-22(27)32)17-26(37)36-24-13-4-3-12-23(24)34-15-7-14-25(34)28(36)19-8-5-9-20(30)16-19/h3-16,18,28H,17H2,1-2H3,(H,33,38)/t28-/m0/s1. The van der Waals surface area contributed by atoms with Gasteiger partial charge >= 0.3 is 6.03 Å². The van der Waals surface area contributed by atoms with Crippen LogP contribution in [0.5, 0.6) is 0 Å². The van der Waals surface area contributed by atoms with Gasteiger partial charge in [-0.15, -0.1) is 0 Å². The largest absolute Gasteiger partial charge is 0.322 e. The third-order valence-corrected chi connectivity index (χ3v) is 7.40. The summed E-state index contributed by atoms with van der Waals surface area (Å²) in [6.07, 6.45) is 1.98. The Hall–Kier alpha value is -3.45. The van der Waals surface area contributed by atoms with Crippen molar-refractivity contribution in [2.24, 2.45) is 0 Å². The quantitative estimate of drug-likeness (QED) is 0.267. The van der Waals surface area contributed by atoms with E-state index in [1.165, 1.54) is 4.90 Å². The number of hydrogen-bond donors (Lipinski definition) is 1. The second-order valence-electron chi connectivity index (χ2n) is 9.26. The number of para-hydroxylation sites is 3. The minimum atomic E-state index is -0.476. The van der Waals surface area contributed by atoms with E-state index in [9.17, 15) is 9.59 Å². The zero-order valence-corrected chi connectivity index (χ0v) is 23.0. The molecule has 194 valence electrons.